The first kappa shape index (κ1) is 19.1. The Bertz CT molecular complexity index is 690. The van der Waals surface area contributed by atoms with Crippen molar-refractivity contribution in [3.8, 4) is 0 Å². The minimum absolute atomic E-state index is 0.176. The van der Waals surface area contributed by atoms with Crippen molar-refractivity contribution in [2.75, 3.05) is 20.1 Å². The number of urea groups is 1. The van der Waals surface area contributed by atoms with Crippen molar-refractivity contribution in [3.05, 3.63) is 70.2 Å². The SMILES string of the molecule is CN(CCc1ccc(Br)cc1)CC(=O)NC(=O)NCc1ccccc1. The lowest BCUT2D eigenvalue weighted by Crippen LogP contribution is -2.43. The number of carbonyl (C=O) groups excluding carboxylic acids is 2. The van der Waals surface area contributed by atoms with Gasteiger partial charge in [0.1, 0.15) is 0 Å². The lowest BCUT2D eigenvalue weighted by atomic mass is 10.1. The van der Waals surface area contributed by atoms with Gasteiger partial charge in [-0.1, -0.05) is 58.4 Å². The first-order valence-electron chi connectivity index (χ1n) is 8.07. The summed E-state index contributed by atoms with van der Waals surface area (Å²) in [5.41, 5.74) is 2.19. The minimum Gasteiger partial charge on any atom is -0.334 e. The van der Waals surface area contributed by atoms with Crippen LogP contribution in [0, 0.1) is 0 Å². The Labute approximate surface area is 156 Å². The Balaban J connectivity index is 1.66. The number of nitrogens with one attached hydrogen (secondary N) is 2. The van der Waals surface area contributed by atoms with Crippen molar-refractivity contribution >= 4 is 27.9 Å². The number of rotatable bonds is 7. The fourth-order valence-corrected chi connectivity index (χ4v) is 2.55. The Morgan fingerprint density at radius 2 is 1.68 bits per heavy atom. The molecule has 0 bridgehead atoms. The molecule has 0 aromatic heterocycles. The van der Waals surface area contributed by atoms with Gasteiger partial charge in [-0.3, -0.25) is 15.0 Å². The number of carbonyl (C=O) groups is 2. The second kappa shape index (κ2) is 9.96. The molecule has 0 aliphatic heterocycles. The summed E-state index contributed by atoms with van der Waals surface area (Å²) in [4.78, 5) is 25.6. The van der Waals surface area contributed by atoms with E-state index in [0.717, 1.165) is 23.0 Å². The molecule has 2 aromatic carbocycles. The largest absolute Gasteiger partial charge is 0.334 e. The molecule has 5 nitrogen and oxygen atoms in total. The third kappa shape index (κ3) is 7.49. The van der Waals surface area contributed by atoms with Gasteiger partial charge in [0, 0.05) is 17.6 Å². The second-order valence-electron chi connectivity index (χ2n) is 5.83. The highest BCUT2D eigenvalue weighted by Gasteiger charge is 2.10. The maximum absolute atomic E-state index is 11.9. The second-order valence-corrected chi connectivity index (χ2v) is 6.75. The summed E-state index contributed by atoms with van der Waals surface area (Å²) >= 11 is 3.41. The molecule has 0 aliphatic carbocycles. The van der Waals surface area contributed by atoms with E-state index in [4.69, 9.17) is 0 Å². The summed E-state index contributed by atoms with van der Waals surface area (Å²) in [6, 6.07) is 17.2. The summed E-state index contributed by atoms with van der Waals surface area (Å²) < 4.78 is 1.05. The molecule has 0 unspecified atom stereocenters. The highest BCUT2D eigenvalue weighted by Crippen LogP contribution is 2.11. The van der Waals surface area contributed by atoms with Crippen LogP contribution in [0.5, 0.6) is 0 Å². The molecule has 0 aliphatic rings. The smallest absolute Gasteiger partial charge is 0.321 e. The van der Waals surface area contributed by atoms with Crippen LogP contribution in [0.15, 0.2) is 59.1 Å². The monoisotopic (exact) mass is 403 g/mol. The van der Waals surface area contributed by atoms with Crippen LogP contribution in [0.25, 0.3) is 0 Å². The molecule has 0 spiro atoms. The van der Waals surface area contributed by atoms with Crippen LogP contribution >= 0.6 is 15.9 Å². The first-order chi connectivity index (χ1) is 12.0. The van der Waals surface area contributed by atoms with E-state index in [1.54, 1.807) is 0 Å². The molecule has 0 saturated carbocycles. The molecule has 3 amide bonds. The molecule has 0 saturated heterocycles. The molecule has 25 heavy (non-hydrogen) atoms. The number of benzene rings is 2. The van der Waals surface area contributed by atoms with Gasteiger partial charge in [0.15, 0.2) is 0 Å². The molecule has 132 valence electrons. The normalized spacial score (nSPS) is 10.5. The van der Waals surface area contributed by atoms with Gasteiger partial charge in [-0.2, -0.15) is 0 Å². The predicted octanol–water partition coefficient (Wildman–Crippen LogP) is 2.95. The molecular formula is C19H22BrN3O2. The van der Waals surface area contributed by atoms with Gasteiger partial charge >= 0.3 is 6.03 Å². The van der Waals surface area contributed by atoms with E-state index in [1.807, 2.05) is 54.4 Å². The third-order valence-corrected chi connectivity index (χ3v) is 4.19. The fourth-order valence-electron chi connectivity index (χ4n) is 2.28. The Morgan fingerprint density at radius 1 is 1.00 bits per heavy atom. The fraction of sp³-hybridized carbons (Fsp3) is 0.263. The maximum atomic E-state index is 11.9. The zero-order valence-corrected chi connectivity index (χ0v) is 15.8. The standard InChI is InChI=1S/C19H22BrN3O2/c1-23(12-11-15-7-9-17(20)10-8-15)14-18(24)22-19(25)21-13-16-5-3-2-4-6-16/h2-10H,11-14H2,1H3,(H2,21,22,24,25). The lowest BCUT2D eigenvalue weighted by Gasteiger charge is -2.16. The molecule has 2 aromatic rings. The molecule has 0 fully saturated rings. The van der Waals surface area contributed by atoms with Crippen molar-refractivity contribution in [1.82, 2.24) is 15.5 Å². The molecule has 2 N–H and O–H groups in total. The number of imide groups is 1. The number of hydrogen-bond donors (Lipinski definition) is 2. The van der Waals surface area contributed by atoms with Crippen molar-refractivity contribution in [2.24, 2.45) is 0 Å². The highest BCUT2D eigenvalue weighted by molar-refractivity contribution is 9.10. The highest BCUT2D eigenvalue weighted by atomic mass is 79.9. The average Bonchev–Trinajstić information content (AvgIpc) is 2.60. The van der Waals surface area contributed by atoms with Gasteiger partial charge in [-0.05, 0) is 36.7 Å². The van der Waals surface area contributed by atoms with E-state index in [1.165, 1.54) is 5.56 Å². The molecule has 2 rings (SSSR count). The van der Waals surface area contributed by atoms with Gasteiger partial charge in [-0.25, -0.2) is 4.79 Å². The number of hydrogen-bond acceptors (Lipinski definition) is 3. The third-order valence-electron chi connectivity index (χ3n) is 3.66. The molecular weight excluding hydrogens is 382 g/mol. The van der Waals surface area contributed by atoms with Gasteiger partial charge in [0.05, 0.1) is 6.54 Å². The van der Waals surface area contributed by atoms with Gasteiger partial charge in [0.2, 0.25) is 5.91 Å². The van der Waals surface area contributed by atoms with Crippen molar-refractivity contribution in [3.63, 3.8) is 0 Å². The Kier molecular flexibility index (Phi) is 7.63. The van der Waals surface area contributed by atoms with Crippen LogP contribution in [0.4, 0.5) is 4.79 Å². The zero-order valence-electron chi connectivity index (χ0n) is 14.2. The van der Waals surface area contributed by atoms with Crippen LogP contribution < -0.4 is 10.6 Å². The number of halogens is 1. The predicted molar refractivity (Wildman–Crippen MR) is 102 cm³/mol. The summed E-state index contributed by atoms with van der Waals surface area (Å²) in [5.74, 6) is -0.316. The maximum Gasteiger partial charge on any atom is 0.321 e. The van der Waals surface area contributed by atoms with E-state index in [0.29, 0.717) is 6.54 Å². The summed E-state index contributed by atoms with van der Waals surface area (Å²) in [5, 5.41) is 5.02. The number of amides is 3. The van der Waals surface area contributed by atoms with E-state index in [2.05, 4.69) is 38.7 Å². The van der Waals surface area contributed by atoms with Crippen LogP contribution in [-0.2, 0) is 17.8 Å². The van der Waals surface area contributed by atoms with E-state index in [9.17, 15) is 9.59 Å². The molecule has 0 heterocycles. The van der Waals surface area contributed by atoms with Crippen molar-refractivity contribution in [2.45, 2.75) is 13.0 Å². The van der Waals surface area contributed by atoms with Crippen molar-refractivity contribution < 1.29 is 9.59 Å². The lowest BCUT2D eigenvalue weighted by molar-refractivity contribution is -0.120. The molecule has 0 radical (unpaired) electrons. The summed E-state index contributed by atoms with van der Waals surface area (Å²) in [7, 11) is 1.86. The Hall–Kier alpha value is -2.18. The minimum atomic E-state index is -0.477. The van der Waals surface area contributed by atoms with Gasteiger partial charge in [0.25, 0.3) is 0 Å². The van der Waals surface area contributed by atoms with Crippen LogP contribution in [0.3, 0.4) is 0 Å². The van der Waals surface area contributed by atoms with Crippen molar-refractivity contribution in [1.29, 1.82) is 0 Å². The van der Waals surface area contributed by atoms with Gasteiger partial charge in [-0.15, -0.1) is 0 Å². The quantitative estimate of drug-likeness (QED) is 0.746. The molecule has 0 atom stereocenters. The van der Waals surface area contributed by atoms with Crippen LogP contribution in [0.1, 0.15) is 11.1 Å². The topological polar surface area (TPSA) is 61.4 Å². The van der Waals surface area contributed by atoms with Gasteiger partial charge < -0.3 is 5.32 Å². The average molecular weight is 404 g/mol. The number of likely N-dealkylation sites (N-methyl/N-ethyl adjacent to an activating group) is 1. The number of nitrogens with zero attached hydrogens (tertiary/aromatic N) is 1. The van der Waals surface area contributed by atoms with E-state index < -0.39 is 6.03 Å². The molecule has 6 heteroatoms. The van der Waals surface area contributed by atoms with E-state index >= 15 is 0 Å². The first-order valence-corrected chi connectivity index (χ1v) is 8.87. The summed E-state index contributed by atoms with van der Waals surface area (Å²) in [6.45, 7) is 1.30. The summed E-state index contributed by atoms with van der Waals surface area (Å²) in [6.07, 6.45) is 0.845. The van der Waals surface area contributed by atoms with E-state index in [-0.39, 0.29) is 12.5 Å². The van der Waals surface area contributed by atoms with Crippen LogP contribution in [0.2, 0.25) is 0 Å². The van der Waals surface area contributed by atoms with Crippen LogP contribution in [-0.4, -0.2) is 37.0 Å². The Morgan fingerprint density at radius 3 is 2.36 bits per heavy atom. The zero-order chi connectivity index (χ0) is 18.1.